The molecule has 1 fully saturated rings. The number of carbonyl (C=O) groups excluding carboxylic acids is 1. The zero-order valence-corrected chi connectivity index (χ0v) is 22.8. The lowest BCUT2D eigenvalue weighted by Crippen LogP contribution is -2.55. The maximum atomic E-state index is 13.7. The monoisotopic (exact) mass is 577 g/mol. The van der Waals surface area contributed by atoms with Gasteiger partial charge in [-0.05, 0) is 42.3 Å². The molecule has 12 heteroatoms. The largest absolute Gasteiger partial charge is 0.493 e. The third kappa shape index (κ3) is 6.86. The summed E-state index contributed by atoms with van der Waals surface area (Å²) in [6.45, 7) is 1.04. The average Bonchev–Trinajstić information content (AvgIpc) is 2.96. The van der Waals surface area contributed by atoms with Crippen molar-refractivity contribution in [3.05, 3.63) is 83.9 Å². The molecule has 1 N–H and O–H groups in total. The van der Waals surface area contributed by atoms with Gasteiger partial charge in [0.2, 0.25) is 15.9 Å². The molecule has 214 valence electrons. The number of halogens is 3. The van der Waals surface area contributed by atoms with Gasteiger partial charge in [0.15, 0.2) is 11.5 Å². The molecule has 0 spiro atoms. The first kappa shape index (κ1) is 29.2. The molecule has 3 aromatic rings. The second-order valence-corrected chi connectivity index (χ2v) is 11.0. The molecule has 1 heterocycles. The maximum Gasteiger partial charge on any atom is 0.416 e. The molecule has 0 aliphatic carbocycles. The highest BCUT2D eigenvalue weighted by atomic mass is 32.2. The first-order valence-corrected chi connectivity index (χ1v) is 14.0. The number of piperazine rings is 1. The van der Waals surface area contributed by atoms with Crippen LogP contribution in [0.5, 0.6) is 11.5 Å². The molecular formula is C28H30F3N3O5S. The summed E-state index contributed by atoms with van der Waals surface area (Å²) < 4.78 is 79.2. The van der Waals surface area contributed by atoms with Gasteiger partial charge in [0.25, 0.3) is 0 Å². The van der Waals surface area contributed by atoms with Crippen LogP contribution >= 0.6 is 0 Å². The van der Waals surface area contributed by atoms with E-state index >= 15 is 0 Å². The molecular weight excluding hydrogens is 547 g/mol. The van der Waals surface area contributed by atoms with Crippen molar-refractivity contribution in [2.24, 2.45) is 0 Å². The number of anilines is 1. The van der Waals surface area contributed by atoms with E-state index in [4.69, 9.17) is 9.47 Å². The SMILES string of the molecule is COc1ccc(S(=O)(=O)N[C@H](Cc2ccccc2)C(=O)N2CCN(c3cccc(C(F)(F)F)c3)CC2)cc1OC. The van der Waals surface area contributed by atoms with E-state index < -0.39 is 33.7 Å². The summed E-state index contributed by atoms with van der Waals surface area (Å²) >= 11 is 0. The standard InChI is InChI=1S/C28H30F3N3O5S/c1-38-25-12-11-23(19-26(25)39-2)40(36,37)32-24(17-20-7-4-3-5-8-20)27(35)34-15-13-33(14-16-34)22-10-6-9-21(18-22)28(29,30)31/h3-12,18-19,24,32H,13-17H2,1-2H3/t24-/m1/s1. The molecule has 0 radical (unpaired) electrons. The average molecular weight is 578 g/mol. The summed E-state index contributed by atoms with van der Waals surface area (Å²) in [5, 5.41) is 0. The molecule has 1 saturated heterocycles. The zero-order valence-electron chi connectivity index (χ0n) is 22.0. The Morgan fingerprint density at radius 1 is 0.900 bits per heavy atom. The van der Waals surface area contributed by atoms with E-state index in [9.17, 15) is 26.4 Å². The number of sulfonamides is 1. The highest BCUT2D eigenvalue weighted by Gasteiger charge is 2.33. The molecule has 0 bridgehead atoms. The lowest BCUT2D eigenvalue weighted by Gasteiger charge is -2.38. The fourth-order valence-electron chi connectivity index (χ4n) is 4.55. The Balaban J connectivity index is 1.52. The minimum Gasteiger partial charge on any atom is -0.493 e. The van der Waals surface area contributed by atoms with Crippen molar-refractivity contribution >= 4 is 21.6 Å². The lowest BCUT2D eigenvalue weighted by molar-refractivity contribution is -0.137. The number of hydrogen-bond donors (Lipinski definition) is 1. The number of ether oxygens (including phenoxy) is 2. The van der Waals surface area contributed by atoms with Gasteiger partial charge >= 0.3 is 6.18 Å². The Labute approximate surface area is 231 Å². The number of amides is 1. The van der Waals surface area contributed by atoms with Crippen LogP contribution in [0.25, 0.3) is 0 Å². The fourth-order valence-corrected chi connectivity index (χ4v) is 5.76. The number of carbonyl (C=O) groups is 1. The number of rotatable bonds is 9. The van der Waals surface area contributed by atoms with Crippen LogP contribution in [-0.2, 0) is 27.4 Å². The third-order valence-corrected chi connectivity index (χ3v) is 8.14. The smallest absolute Gasteiger partial charge is 0.416 e. The van der Waals surface area contributed by atoms with Crippen LogP contribution in [0.2, 0.25) is 0 Å². The van der Waals surface area contributed by atoms with Crippen LogP contribution in [0, 0.1) is 0 Å². The van der Waals surface area contributed by atoms with Crippen LogP contribution in [0.4, 0.5) is 18.9 Å². The normalized spacial score (nSPS) is 15.0. The van der Waals surface area contributed by atoms with Crippen molar-refractivity contribution in [3.63, 3.8) is 0 Å². The van der Waals surface area contributed by atoms with E-state index in [0.29, 0.717) is 24.5 Å². The summed E-state index contributed by atoms with van der Waals surface area (Å²) in [5.74, 6) is 0.163. The Hall–Kier alpha value is -3.77. The van der Waals surface area contributed by atoms with Crippen molar-refractivity contribution in [1.82, 2.24) is 9.62 Å². The van der Waals surface area contributed by atoms with Crippen molar-refractivity contribution in [2.75, 3.05) is 45.3 Å². The predicted octanol–water partition coefficient (Wildman–Crippen LogP) is 3.96. The van der Waals surface area contributed by atoms with E-state index in [1.807, 2.05) is 6.07 Å². The summed E-state index contributed by atoms with van der Waals surface area (Å²) in [4.78, 5) is 16.9. The predicted molar refractivity (Wildman–Crippen MR) is 144 cm³/mol. The molecule has 8 nitrogen and oxygen atoms in total. The van der Waals surface area contributed by atoms with Gasteiger partial charge in [0, 0.05) is 37.9 Å². The van der Waals surface area contributed by atoms with Gasteiger partial charge in [-0.15, -0.1) is 0 Å². The van der Waals surface area contributed by atoms with Crippen LogP contribution < -0.4 is 19.1 Å². The Kier molecular flexibility index (Phi) is 8.89. The lowest BCUT2D eigenvalue weighted by atomic mass is 10.1. The fraction of sp³-hybridized carbons (Fsp3) is 0.321. The molecule has 1 aliphatic rings. The zero-order chi connectivity index (χ0) is 28.9. The van der Waals surface area contributed by atoms with Gasteiger partial charge in [-0.3, -0.25) is 4.79 Å². The molecule has 4 rings (SSSR count). The van der Waals surface area contributed by atoms with E-state index in [0.717, 1.165) is 17.7 Å². The van der Waals surface area contributed by atoms with E-state index in [2.05, 4.69) is 4.72 Å². The summed E-state index contributed by atoms with van der Waals surface area (Å²) in [7, 11) is -1.32. The Bertz CT molecular complexity index is 1430. The number of benzene rings is 3. The van der Waals surface area contributed by atoms with Crippen LogP contribution in [-0.4, -0.2) is 65.7 Å². The second kappa shape index (κ2) is 12.2. The number of nitrogens with zero attached hydrogens (tertiary/aromatic N) is 2. The highest BCUT2D eigenvalue weighted by molar-refractivity contribution is 7.89. The number of nitrogens with one attached hydrogen (secondary N) is 1. The second-order valence-electron chi connectivity index (χ2n) is 9.24. The topological polar surface area (TPSA) is 88.2 Å². The quantitative estimate of drug-likeness (QED) is 0.414. The van der Waals surface area contributed by atoms with Gasteiger partial charge in [-0.2, -0.15) is 17.9 Å². The van der Waals surface area contributed by atoms with Crippen molar-refractivity contribution in [2.45, 2.75) is 23.5 Å². The number of alkyl halides is 3. The molecule has 0 saturated carbocycles. The molecule has 0 unspecified atom stereocenters. The van der Waals surface area contributed by atoms with Crippen LogP contribution in [0.3, 0.4) is 0 Å². The first-order chi connectivity index (χ1) is 19.0. The van der Waals surface area contributed by atoms with Gasteiger partial charge in [-0.1, -0.05) is 36.4 Å². The van der Waals surface area contributed by atoms with Gasteiger partial charge in [0.05, 0.1) is 24.7 Å². The van der Waals surface area contributed by atoms with Crippen LogP contribution in [0.15, 0.2) is 77.7 Å². The summed E-state index contributed by atoms with van der Waals surface area (Å²) in [6.07, 6.45) is -4.34. The minimum absolute atomic E-state index is 0.0922. The molecule has 1 amide bonds. The van der Waals surface area contributed by atoms with Crippen molar-refractivity contribution in [3.8, 4) is 11.5 Å². The van der Waals surface area contributed by atoms with Crippen LogP contribution in [0.1, 0.15) is 11.1 Å². The highest BCUT2D eigenvalue weighted by Crippen LogP contribution is 2.32. The number of methoxy groups -OCH3 is 2. The molecule has 40 heavy (non-hydrogen) atoms. The molecule has 0 aromatic heterocycles. The summed E-state index contributed by atoms with van der Waals surface area (Å²) in [5.41, 5.74) is 0.436. The number of hydrogen-bond acceptors (Lipinski definition) is 6. The van der Waals surface area contributed by atoms with E-state index in [1.54, 1.807) is 35.2 Å². The molecule has 1 atom stereocenters. The van der Waals surface area contributed by atoms with E-state index in [-0.39, 0.29) is 30.2 Å². The Morgan fingerprint density at radius 2 is 1.57 bits per heavy atom. The first-order valence-electron chi connectivity index (χ1n) is 12.5. The van der Waals surface area contributed by atoms with Crippen molar-refractivity contribution in [1.29, 1.82) is 0 Å². The molecule has 1 aliphatic heterocycles. The summed E-state index contributed by atoms with van der Waals surface area (Å²) in [6, 6.07) is 17.1. The maximum absolute atomic E-state index is 13.7. The van der Waals surface area contributed by atoms with Gasteiger partial charge in [-0.25, -0.2) is 8.42 Å². The molecule has 3 aromatic carbocycles. The van der Waals surface area contributed by atoms with Crippen molar-refractivity contribution < 1.29 is 35.9 Å². The van der Waals surface area contributed by atoms with Gasteiger partial charge < -0.3 is 19.3 Å². The third-order valence-electron chi connectivity index (χ3n) is 6.67. The van der Waals surface area contributed by atoms with Gasteiger partial charge in [0.1, 0.15) is 6.04 Å². The Morgan fingerprint density at radius 3 is 2.20 bits per heavy atom. The minimum atomic E-state index is -4.45. The van der Waals surface area contributed by atoms with E-state index in [1.165, 1.54) is 43.4 Å².